The summed E-state index contributed by atoms with van der Waals surface area (Å²) >= 11 is 2.89. The summed E-state index contributed by atoms with van der Waals surface area (Å²) in [5, 5.41) is 9.34. The third-order valence-electron chi connectivity index (χ3n) is 8.83. The number of fused-ring (bicyclic) bond motifs is 4. The molecule has 1 unspecified atom stereocenters. The molecule has 3 aliphatic carbocycles. The second kappa shape index (κ2) is 20.6. The second-order valence-corrected chi connectivity index (χ2v) is 14.0. The number of allylic oxidation sites excluding steroid dienone is 4. The summed E-state index contributed by atoms with van der Waals surface area (Å²) in [7, 11) is 0. The zero-order valence-electron chi connectivity index (χ0n) is 32.6. The van der Waals surface area contributed by atoms with Crippen molar-refractivity contribution in [1.82, 2.24) is 0 Å². The van der Waals surface area contributed by atoms with Gasteiger partial charge in [0.25, 0.3) is 0 Å². The van der Waals surface area contributed by atoms with Crippen molar-refractivity contribution in [3.8, 4) is 0 Å². The summed E-state index contributed by atoms with van der Waals surface area (Å²) in [6.07, 6.45) is 1.73. The largest absolute Gasteiger partial charge is 0.507 e. The molecule has 8 rings (SSSR count). The SMILES string of the molecule is C.C=C(Br)C(C)=O.C=CC(C)=O.CC(=O)C1CC2=C(O1)C(=O)c1ccccc1C2=O.CC(=O)c1cc2c(o1)C(=O)c1ccccc1C2=O.O=C1C=C(O)c2ccccc2C1=O. The van der Waals surface area contributed by atoms with E-state index in [-0.39, 0.29) is 94.3 Å². The molecule has 2 heterocycles. The Morgan fingerprint density at radius 2 is 1.11 bits per heavy atom. The van der Waals surface area contributed by atoms with Crippen LogP contribution in [0.4, 0.5) is 0 Å². The zero-order valence-corrected chi connectivity index (χ0v) is 34.2. The third kappa shape index (κ3) is 10.8. The van der Waals surface area contributed by atoms with Crippen LogP contribution in [0, 0.1) is 0 Å². The summed E-state index contributed by atoms with van der Waals surface area (Å²) in [6, 6.07) is 21.0. The zero-order chi connectivity index (χ0) is 44.6. The van der Waals surface area contributed by atoms with Gasteiger partial charge in [-0.2, -0.15) is 0 Å². The molecule has 3 aromatic carbocycles. The van der Waals surface area contributed by atoms with Crippen molar-refractivity contribution in [3.05, 3.63) is 170 Å². The van der Waals surface area contributed by atoms with Crippen molar-refractivity contribution in [3.63, 3.8) is 0 Å². The molecule has 312 valence electrons. The van der Waals surface area contributed by atoms with Crippen molar-refractivity contribution in [2.24, 2.45) is 0 Å². The topological polar surface area (TPSA) is 213 Å². The maximum atomic E-state index is 12.2. The summed E-state index contributed by atoms with van der Waals surface area (Å²) in [5.74, 6) is -2.94. The van der Waals surface area contributed by atoms with Crippen LogP contribution in [-0.4, -0.2) is 69.0 Å². The number of aliphatic hydroxyl groups excluding tert-OH is 1. The van der Waals surface area contributed by atoms with Crippen LogP contribution in [0.5, 0.6) is 0 Å². The van der Waals surface area contributed by atoms with Gasteiger partial charge in [-0.3, -0.25) is 47.9 Å². The lowest BCUT2D eigenvalue weighted by molar-refractivity contribution is -0.124. The third-order valence-corrected chi connectivity index (χ3v) is 9.39. The van der Waals surface area contributed by atoms with E-state index in [4.69, 9.17) is 9.15 Å². The first-order chi connectivity index (χ1) is 28.3. The highest BCUT2D eigenvalue weighted by Crippen LogP contribution is 2.36. The van der Waals surface area contributed by atoms with Crippen molar-refractivity contribution in [2.75, 3.05) is 0 Å². The average Bonchev–Trinajstić information content (AvgIpc) is 3.90. The molecule has 0 saturated carbocycles. The van der Waals surface area contributed by atoms with Gasteiger partial charge in [-0.05, 0) is 48.8 Å². The summed E-state index contributed by atoms with van der Waals surface area (Å²) in [5.41, 5.74) is 2.62. The fourth-order valence-electron chi connectivity index (χ4n) is 5.66. The van der Waals surface area contributed by atoms with E-state index in [2.05, 4.69) is 29.1 Å². The lowest BCUT2D eigenvalue weighted by Gasteiger charge is -2.14. The number of ether oxygens (including phenoxy) is 1. The second-order valence-electron chi connectivity index (χ2n) is 13.1. The molecule has 0 fully saturated rings. The maximum absolute atomic E-state index is 12.2. The minimum atomic E-state index is -0.697. The van der Waals surface area contributed by atoms with Crippen molar-refractivity contribution >= 4 is 79.5 Å². The van der Waals surface area contributed by atoms with Gasteiger partial charge in [-0.25, -0.2) is 0 Å². The lowest BCUT2D eigenvalue weighted by atomic mass is 9.87. The first-order valence-electron chi connectivity index (χ1n) is 17.8. The van der Waals surface area contributed by atoms with Crippen LogP contribution in [0.25, 0.3) is 5.76 Å². The van der Waals surface area contributed by atoms with Gasteiger partial charge >= 0.3 is 0 Å². The number of carbonyl (C=O) groups excluding carboxylic acids is 10. The Kier molecular flexibility index (Phi) is 16.2. The molecule has 14 heteroatoms. The number of hydrogen-bond acceptors (Lipinski definition) is 13. The highest BCUT2D eigenvalue weighted by atomic mass is 79.9. The molecule has 4 aliphatic rings. The number of rotatable bonds is 4. The van der Waals surface area contributed by atoms with Gasteiger partial charge in [0.15, 0.2) is 58.1 Å². The number of furan rings is 1. The number of ketones is 10. The Hall–Kier alpha value is -7.32. The molecule has 1 aliphatic heterocycles. The highest BCUT2D eigenvalue weighted by Gasteiger charge is 2.41. The standard InChI is InChI=1S/C14H10O4.C14H8O4.C10H6O3.C4H5BrO.C4H6O.CH4/c2*1-7(15)11-6-10-12(16)8-4-2-3-5-9(8)13(17)14(10)18-11;11-8-5-9(12)10(13)7-4-2-1-3-6(7)8;1-3(5)4(2)6;1-3-4(2)5;/h2-5,11H,6H2,1H3;2-6H,1H3;1-5,11H;1H2,2H3;3H,1H2,2H3;1H4. The number of carbonyl (C=O) groups is 10. The number of Topliss-reactive ketones (excluding diaryl/α,β-unsaturated/α-hetero) is 6. The molecular weight excluding hydrogens is 852 g/mol. The molecule has 0 radical (unpaired) electrons. The molecule has 61 heavy (non-hydrogen) atoms. The van der Waals surface area contributed by atoms with E-state index in [1.807, 2.05) is 0 Å². The summed E-state index contributed by atoms with van der Waals surface area (Å²) < 4.78 is 10.9. The maximum Gasteiger partial charge on any atom is 0.233 e. The number of halogens is 1. The van der Waals surface area contributed by atoms with Gasteiger partial charge < -0.3 is 14.3 Å². The van der Waals surface area contributed by atoms with E-state index in [1.54, 1.807) is 66.7 Å². The number of hydrogen-bond donors (Lipinski definition) is 1. The summed E-state index contributed by atoms with van der Waals surface area (Å²) in [6.45, 7) is 12.2. The molecule has 0 bridgehead atoms. The van der Waals surface area contributed by atoms with Crippen LogP contribution in [0.3, 0.4) is 0 Å². The lowest BCUT2D eigenvalue weighted by Crippen LogP contribution is -2.20. The first-order valence-corrected chi connectivity index (χ1v) is 18.6. The van der Waals surface area contributed by atoms with Gasteiger partial charge in [0.05, 0.1) is 15.6 Å². The Balaban J connectivity index is 0.000000218. The van der Waals surface area contributed by atoms with E-state index < -0.39 is 17.7 Å². The fourth-order valence-corrected chi connectivity index (χ4v) is 5.66. The molecular formula is C47H39BrO13. The first kappa shape index (κ1) is 48.1. The molecule has 0 spiro atoms. The van der Waals surface area contributed by atoms with Crippen molar-refractivity contribution < 1.29 is 62.2 Å². The van der Waals surface area contributed by atoms with Gasteiger partial charge in [0.2, 0.25) is 23.1 Å². The van der Waals surface area contributed by atoms with E-state index in [1.165, 1.54) is 45.9 Å². The molecule has 0 saturated heterocycles. The van der Waals surface area contributed by atoms with Crippen LogP contribution in [0.2, 0.25) is 0 Å². The van der Waals surface area contributed by atoms with Crippen LogP contribution in [-0.2, 0) is 23.9 Å². The Bertz CT molecular complexity index is 2520. The van der Waals surface area contributed by atoms with Gasteiger partial charge in [0, 0.05) is 52.8 Å². The smallest absolute Gasteiger partial charge is 0.233 e. The predicted molar refractivity (Wildman–Crippen MR) is 227 cm³/mol. The molecule has 0 amide bonds. The van der Waals surface area contributed by atoms with Crippen LogP contribution >= 0.6 is 15.9 Å². The average molecular weight is 892 g/mol. The monoisotopic (exact) mass is 890 g/mol. The predicted octanol–water partition coefficient (Wildman–Crippen LogP) is 8.19. The van der Waals surface area contributed by atoms with Crippen LogP contribution in [0.15, 0.2) is 124 Å². The Morgan fingerprint density at radius 1 is 0.689 bits per heavy atom. The quantitative estimate of drug-likeness (QED) is 0.103. The number of aliphatic hydroxyl groups is 1. The van der Waals surface area contributed by atoms with Crippen LogP contribution < -0.4 is 0 Å². The van der Waals surface area contributed by atoms with Crippen LogP contribution in [0.1, 0.15) is 121 Å². The summed E-state index contributed by atoms with van der Waals surface area (Å²) in [4.78, 5) is 113. The minimum absolute atomic E-state index is 0. The number of benzene rings is 3. The van der Waals surface area contributed by atoms with Crippen molar-refractivity contribution in [1.29, 1.82) is 0 Å². The molecule has 1 N–H and O–H groups in total. The molecule has 4 aromatic rings. The highest BCUT2D eigenvalue weighted by molar-refractivity contribution is 9.12. The van der Waals surface area contributed by atoms with E-state index in [0.717, 1.165) is 6.08 Å². The molecule has 13 nitrogen and oxygen atoms in total. The normalized spacial score (nSPS) is 14.8. The molecule has 1 aromatic heterocycles. The Morgan fingerprint density at radius 3 is 1.56 bits per heavy atom. The van der Waals surface area contributed by atoms with E-state index in [9.17, 15) is 53.1 Å². The van der Waals surface area contributed by atoms with Gasteiger partial charge in [-0.1, -0.05) is 93.4 Å². The van der Waals surface area contributed by atoms with Gasteiger partial charge in [-0.15, -0.1) is 0 Å². The minimum Gasteiger partial charge on any atom is -0.507 e. The van der Waals surface area contributed by atoms with E-state index >= 15 is 0 Å². The van der Waals surface area contributed by atoms with E-state index in [0.29, 0.717) is 37.9 Å². The fraction of sp³-hybridized carbons (Fsp3) is 0.149. The molecule has 1 atom stereocenters. The van der Waals surface area contributed by atoms with Gasteiger partial charge in [0.1, 0.15) is 5.76 Å². The Labute approximate surface area is 358 Å². The van der Waals surface area contributed by atoms with Crippen molar-refractivity contribution in [2.45, 2.75) is 47.6 Å².